The van der Waals surface area contributed by atoms with Crippen molar-refractivity contribution in [2.24, 2.45) is 0 Å². The maximum Gasteiger partial charge on any atom is 0.417 e. The number of amides is 1. The highest BCUT2D eigenvalue weighted by molar-refractivity contribution is 5.86. The van der Waals surface area contributed by atoms with Crippen LogP contribution in [0.15, 0.2) is 61.3 Å². The van der Waals surface area contributed by atoms with E-state index in [2.05, 4.69) is 36.4 Å². The highest BCUT2D eigenvalue weighted by atomic mass is 16.6. The molecule has 1 aromatic carbocycles. The minimum atomic E-state index is -0.493. The minimum absolute atomic E-state index is 0.0619. The summed E-state index contributed by atoms with van der Waals surface area (Å²) in [6, 6.07) is 11.9. The largest absolute Gasteiger partial charge is 0.468 e. The molecule has 0 bridgehead atoms. The maximum absolute atomic E-state index is 13.7. The third kappa shape index (κ3) is 7.37. The van der Waals surface area contributed by atoms with Crippen LogP contribution in [0, 0.1) is 11.3 Å². The van der Waals surface area contributed by atoms with E-state index in [9.17, 15) is 10.1 Å². The molecule has 7 rings (SSSR count). The summed E-state index contributed by atoms with van der Waals surface area (Å²) < 4.78 is 24.3. The highest BCUT2D eigenvalue weighted by Crippen LogP contribution is 2.30. The summed E-state index contributed by atoms with van der Waals surface area (Å²) in [5, 5.41) is 17.4. The van der Waals surface area contributed by atoms with Crippen molar-refractivity contribution in [2.75, 3.05) is 36.6 Å². The number of ether oxygens (including phenoxy) is 4. The molecule has 3 aromatic heterocycles. The number of carbonyl (C=O) groups is 1. The summed E-state index contributed by atoms with van der Waals surface area (Å²) in [5.41, 5.74) is 2.91. The fraction of sp³-hybridized carbons (Fsp3) is 0.441. The van der Waals surface area contributed by atoms with E-state index >= 15 is 0 Å². The fourth-order valence-corrected chi connectivity index (χ4v) is 6.12. The lowest BCUT2D eigenvalue weighted by Crippen LogP contribution is -2.45. The zero-order valence-electron chi connectivity index (χ0n) is 26.5. The Morgan fingerprint density at radius 3 is 2.44 bits per heavy atom. The van der Waals surface area contributed by atoms with Gasteiger partial charge in [0, 0.05) is 55.0 Å². The van der Waals surface area contributed by atoms with Gasteiger partial charge in [-0.15, -0.1) is 0 Å². The molecule has 14 nitrogen and oxygen atoms in total. The first kappa shape index (κ1) is 31.5. The maximum atomic E-state index is 13.7. The number of nitrogens with one attached hydrogen (secondary N) is 1. The van der Waals surface area contributed by atoms with E-state index in [1.165, 1.54) is 6.20 Å². The Bertz CT molecular complexity index is 1710. The Hall–Kier alpha value is -5.13. The van der Waals surface area contributed by atoms with E-state index in [0.717, 1.165) is 55.6 Å². The number of hydrogen-bond donors (Lipinski definition) is 1. The standard InChI is InChI=1S/C34H37N9O5/c35-14-24-15-36-32(41-31(24)48-30-21-46-22-30)40-27-6-8-29(9-7-27)43(34(44)47-20-23-4-2-1-3-5-23)33-37-16-25(17-38-33)26-18-39-42(19-26)28-10-12-45-13-11-28/h1-5,15-19,27-30H,6-13,20-22H2,(H,36,40,41)/t27-,29-. The Labute approximate surface area is 278 Å². The quantitative estimate of drug-likeness (QED) is 0.252. The fourth-order valence-electron chi connectivity index (χ4n) is 6.12. The van der Waals surface area contributed by atoms with Crippen LogP contribution in [-0.4, -0.2) is 80.4 Å². The molecule has 1 aliphatic carbocycles. The van der Waals surface area contributed by atoms with Crippen LogP contribution in [0.1, 0.15) is 55.7 Å². The molecule has 5 heterocycles. The molecule has 3 fully saturated rings. The van der Waals surface area contributed by atoms with E-state index in [-0.39, 0.29) is 36.2 Å². The van der Waals surface area contributed by atoms with Crippen molar-refractivity contribution in [2.45, 2.75) is 69.4 Å². The zero-order valence-corrected chi connectivity index (χ0v) is 26.5. The topological polar surface area (TPSA) is 162 Å². The van der Waals surface area contributed by atoms with E-state index in [1.54, 1.807) is 17.3 Å². The van der Waals surface area contributed by atoms with Crippen LogP contribution in [0.3, 0.4) is 0 Å². The Kier molecular flexibility index (Phi) is 9.67. The SMILES string of the molecule is N#Cc1cnc(N[C@H]2CC[C@H](N(C(=O)OCc3ccccc3)c3ncc(-c4cnn(C5CCOCC5)c4)cn3)CC2)nc1OC1COC1. The van der Waals surface area contributed by atoms with Crippen LogP contribution in [0.25, 0.3) is 11.1 Å². The first-order chi connectivity index (χ1) is 23.6. The first-order valence-corrected chi connectivity index (χ1v) is 16.3. The van der Waals surface area contributed by atoms with Crippen LogP contribution in [0.5, 0.6) is 5.88 Å². The molecule has 14 heteroatoms. The summed E-state index contributed by atoms with van der Waals surface area (Å²) in [6.45, 7) is 2.56. The van der Waals surface area contributed by atoms with Gasteiger partial charge in [-0.25, -0.2) is 24.6 Å². The molecule has 1 N–H and O–H groups in total. The van der Waals surface area contributed by atoms with Crippen LogP contribution < -0.4 is 15.0 Å². The van der Waals surface area contributed by atoms with Crippen LogP contribution in [-0.2, 0) is 20.8 Å². The van der Waals surface area contributed by atoms with Gasteiger partial charge in [0.25, 0.3) is 0 Å². The van der Waals surface area contributed by atoms with E-state index in [4.69, 9.17) is 18.9 Å². The van der Waals surface area contributed by atoms with Gasteiger partial charge in [-0.3, -0.25) is 4.68 Å². The summed E-state index contributed by atoms with van der Waals surface area (Å²) >= 11 is 0. The highest BCUT2D eigenvalue weighted by Gasteiger charge is 2.33. The van der Waals surface area contributed by atoms with Gasteiger partial charge >= 0.3 is 6.09 Å². The molecule has 1 saturated carbocycles. The third-order valence-corrected chi connectivity index (χ3v) is 8.91. The molecule has 0 unspecified atom stereocenters. The van der Waals surface area contributed by atoms with Crippen LogP contribution in [0.4, 0.5) is 16.7 Å². The Morgan fingerprint density at radius 1 is 0.958 bits per heavy atom. The normalized spacial score (nSPS) is 19.9. The first-order valence-electron chi connectivity index (χ1n) is 16.3. The predicted molar refractivity (Wildman–Crippen MR) is 173 cm³/mol. The number of nitrogens with zero attached hydrogens (tertiary/aromatic N) is 8. The van der Waals surface area contributed by atoms with Crippen molar-refractivity contribution in [3.05, 3.63) is 72.4 Å². The van der Waals surface area contributed by atoms with Gasteiger partial charge in [0.15, 0.2) is 0 Å². The molecule has 2 saturated heterocycles. The van der Waals surface area contributed by atoms with Crippen molar-refractivity contribution >= 4 is 18.0 Å². The zero-order chi connectivity index (χ0) is 32.7. The number of anilines is 2. The van der Waals surface area contributed by atoms with Gasteiger partial charge in [-0.1, -0.05) is 30.3 Å². The molecule has 1 amide bonds. The molecular weight excluding hydrogens is 614 g/mol. The third-order valence-electron chi connectivity index (χ3n) is 8.91. The summed E-state index contributed by atoms with van der Waals surface area (Å²) in [5.74, 6) is 0.939. The smallest absolute Gasteiger partial charge is 0.417 e. The molecule has 48 heavy (non-hydrogen) atoms. The van der Waals surface area contributed by atoms with Gasteiger partial charge in [-0.05, 0) is 44.1 Å². The van der Waals surface area contributed by atoms with Gasteiger partial charge in [-0.2, -0.15) is 15.3 Å². The van der Waals surface area contributed by atoms with Crippen LogP contribution in [0.2, 0.25) is 0 Å². The number of rotatable bonds is 10. The molecule has 0 spiro atoms. The molecular formula is C34H37N9O5. The lowest BCUT2D eigenvalue weighted by atomic mass is 9.90. The lowest BCUT2D eigenvalue weighted by molar-refractivity contribution is -0.0814. The number of nitriles is 1. The number of hydrogen-bond acceptors (Lipinski definition) is 12. The van der Waals surface area contributed by atoms with E-state index in [1.807, 2.05) is 47.4 Å². The van der Waals surface area contributed by atoms with Crippen molar-refractivity contribution in [1.29, 1.82) is 5.26 Å². The van der Waals surface area contributed by atoms with Crippen LogP contribution >= 0.6 is 0 Å². The monoisotopic (exact) mass is 651 g/mol. The van der Waals surface area contributed by atoms with Gasteiger partial charge in [0.2, 0.25) is 17.8 Å². The summed E-state index contributed by atoms with van der Waals surface area (Å²) in [4.78, 5) is 33.3. The Balaban J connectivity index is 1.04. The predicted octanol–water partition coefficient (Wildman–Crippen LogP) is 4.70. The average Bonchev–Trinajstić information content (AvgIpc) is 3.62. The van der Waals surface area contributed by atoms with Crippen molar-refractivity contribution in [3.63, 3.8) is 0 Å². The van der Waals surface area contributed by atoms with E-state index in [0.29, 0.717) is 44.0 Å². The molecule has 2 aliphatic heterocycles. The molecule has 0 atom stereocenters. The molecule has 248 valence electrons. The summed E-state index contributed by atoms with van der Waals surface area (Å²) in [6.07, 6.45) is 12.9. The minimum Gasteiger partial charge on any atom is -0.468 e. The second-order valence-electron chi connectivity index (χ2n) is 12.2. The number of aromatic nitrogens is 6. The lowest BCUT2D eigenvalue weighted by Gasteiger charge is -2.35. The second-order valence-corrected chi connectivity index (χ2v) is 12.2. The molecule has 4 aromatic rings. The van der Waals surface area contributed by atoms with Crippen molar-refractivity contribution in [1.82, 2.24) is 29.7 Å². The Morgan fingerprint density at radius 2 is 1.73 bits per heavy atom. The van der Waals surface area contributed by atoms with Gasteiger partial charge < -0.3 is 24.3 Å². The number of benzene rings is 1. The average molecular weight is 652 g/mol. The van der Waals surface area contributed by atoms with Crippen molar-refractivity contribution in [3.8, 4) is 23.1 Å². The van der Waals surface area contributed by atoms with Crippen molar-refractivity contribution < 1.29 is 23.7 Å². The second kappa shape index (κ2) is 14.7. The van der Waals surface area contributed by atoms with Gasteiger partial charge in [0.05, 0.1) is 31.6 Å². The number of carbonyl (C=O) groups excluding carboxylic acids is 1. The van der Waals surface area contributed by atoms with E-state index < -0.39 is 6.09 Å². The summed E-state index contributed by atoms with van der Waals surface area (Å²) in [7, 11) is 0. The molecule has 0 radical (unpaired) electrons. The molecule has 3 aliphatic rings. The van der Waals surface area contributed by atoms with Gasteiger partial charge in [0.1, 0.15) is 24.3 Å².